The van der Waals surface area contributed by atoms with E-state index in [2.05, 4.69) is 10.2 Å². The summed E-state index contributed by atoms with van der Waals surface area (Å²) < 4.78 is 25.4. The van der Waals surface area contributed by atoms with Gasteiger partial charge < -0.3 is 10.2 Å². The Hall–Kier alpha value is -1.60. The Balaban J connectivity index is 1.55. The molecule has 0 saturated carbocycles. The Labute approximate surface area is 156 Å². The van der Waals surface area contributed by atoms with Crippen LogP contribution in [0.3, 0.4) is 0 Å². The number of rotatable bonds is 6. The van der Waals surface area contributed by atoms with Gasteiger partial charge in [-0.1, -0.05) is 6.42 Å². The molecule has 0 aromatic heterocycles. The fourth-order valence-corrected chi connectivity index (χ4v) is 5.30. The van der Waals surface area contributed by atoms with E-state index in [1.807, 2.05) is 13.0 Å². The number of benzene rings is 1. The normalized spacial score (nSPS) is 20.8. The molecule has 144 valence electrons. The van der Waals surface area contributed by atoms with E-state index in [1.54, 1.807) is 12.1 Å². The van der Waals surface area contributed by atoms with E-state index < -0.39 is 10.0 Å². The number of likely N-dealkylation sites (tertiary alicyclic amines) is 1. The largest absolute Gasteiger partial charge is 0.352 e. The van der Waals surface area contributed by atoms with E-state index in [1.165, 1.54) is 42.9 Å². The summed E-state index contributed by atoms with van der Waals surface area (Å²) >= 11 is 0. The standard InChI is InChI=1S/C19H29N3O3S/c1-15-13-17-14-16(7-8-18(17)22(15)26(2,24)25)19(23)20-9-6-12-21-10-4-3-5-11-21/h7-8,14-15H,3-6,9-13H2,1-2H3,(H,20,23). The van der Waals surface area contributed by atoms with E-state index in [0.717, 1.165) is 18.5 Å². The zero-order valence-electron chi connectivity index (χ0n) is 15.7. The summed E-state index contributed by atoms with van der Waals surface area (Å²) in [5, 5.41) is 2.98. The molecule has 7 heteroatoms. The predicted molar refractivity (Wildman–Crippen MR) is 104 cm³/mol. The fourth-order valence-electron chi connectivity index (χ4n) is 4.04. The van der Waals surface area contributed by atoms with Gasteiger partial charge in [-0.15, -0.1) is 0 Å². The molecule has 6 nitrogen and oxygen atoms in total. The Bertz CT molecular complexity index is 757. The maximum absolute atomic E-state index is 12.4. The summed E-state index contributed by atoms with van der Waals surface area (Å²) in [4.78, 5) is 14.9. The minimum Gasteiger partial charge on any atom is -0.352 e. The summed E-state index contributed by atoms with van der Waals surface area (Å²) in [6, 6.07) is 5.19. The predicted octanol–water partition coefficient (Wildman–Crippen LogP) is 2.00. The van der Waals surface area contributed by atoms with Gasteiger partial charge in [-0.2, -0.15) is 0 Å². The number of anilines is 1. The highest BCUT2D eigenvalue weighted by Gasteiger charge is 2.32. The first-order valence-electron chi connectivity index (χ1n) is 9.49. The fraction of sp³-hybridized carbons (Fsp3) is 0.632. The Morgan fingerprint density at radius 2 is 1.96 bits per heavy atom. The van der Waals surface area contributed by atoms with E-state index in [4.69, 9.17) is 0 Å². The zero-order chi connectivity index (χ0) is 18.7. The molecule has 1 N–H and O–H groups in total. The number of sulfonamides is 1. The second-order valence-electron chi connectivity index (χ2n) is 7.47. The molecule has 2 aliphatic rings. The summed E-state index contributed by atoms with van der Waals surface area (Å²) in [5.74, 6) is -0.0862. The van der Waals surface area contributed by atoms with Crippen molar-refractivity contribution in [3.05, 3.63) is 29.3 Å². The smallest absolute Gasteiger partial charge is 0.251 e. The highest BCUT2D eigenvalue weighted by Crippen LogP contribution is 2.34. The lowest BCUT2D eigenvalue weighted by molar-refractivity contribution is 0.0951. The zero-order valence-corrected chi connectivity index (χ0v) is 16.5. The molecule has 1 aromatic rings. The van der Waals surface area contributed by atoms with E-state index in [-0.39, 0.29) is 11.9 Å². The van der Waals surface area contributed by atoms with Gasteiger partial charge in [0.15, 0.2) is 0 Å². The van der Waals surface area contributed by atoms with Gasteiger partial charge in [-0.3, -0.25) is 9.10 Å². The number of hydrogen-bond donors (Lipinski definition) is 1. The second-order valence-corrected chi connectivity index (χ2v) is 9.33. The third-order valence-corrected chi connectivity index (χ3v) is 6.51. The summed E-state index contributed by atoms with van der Waals surface area (Å²) in [6.07, 6.45) is 6.71. The maximum atomic E-state index is 12.4. The average Bonchev–Trinajstić information content (AvgIpc) is 2.94. The SMILES string of the molecule is CC1Cc2cc(C(=O)NCCCN3CCCCC3)ccc2N1S(C)(=O)=O. The number of carbonyl (C=O) groups excluding carboxylic acids is 1. The van der Waals surface area contributed by atoms with E-state index >= 15 is 0 Å². The van der Waals surface area contributed by atoms with Gasteiger partial charge in [-0.25, -0.2) is 8.42 Å². The number of fused-ring (bicyclic) bond motifs is 1. The number of carbonyl (C=O) groups is 1. The highest BCUT2D eigenvalue weighted by molar-refractivity contribution is 7.92. The monoisotopic (exact) mass is 379 g/mol. The molecule has 26 heavy (non-hydrogen) atoms. The van der Waals surface area contributed by atoms with Crippen molar-refractivity contribution < 1.29 is 13.2 Å². The molecule has 0 radical (unpaired) electrons. The van der Waals surface area contributed by atoms with Crippen molar-refractivity contribution in [2.75, 3.05) is 36.7 Å². The molecule has 1 fully saturated rings. The quantitative estimate of drug-likeness (QED) is 0.768. The molecule has 0 bridgehead atoms. The molecular formula is C19H29N3O3S. The molecule has 2 heterocycles. The Morgan fingerprint density at radius 1 is 1.23 bits per heavy atom. The minimum atomic E-state index is -3.30. The van der Waals surface area contributed by atoms with E-state index in [0.29, 0.717) is 24.2 Å². The van der Waals surface area contributed by atoms with Crippen molar-refractivity contribution >= 4 is 21.6 Å². The molecule has 0 aliphatic carbocycles. The van der Waals surface area contributed by atoms with Crippen molar-refractivity contribution in [1.82, 2.24) is 10.2 Å². The topological polar surface area (TPSA) is 69.7 Å². The molecule has 1 amide bonds. The van der Waals surface area contributed by atoms with Crippen LogP contribution >= 0.6 is 0 Å². The van der Waals surface area contributed by atoms with E-state index in [9.17, 15) is 13.2 Å². The van der Waals surface area contributed by atoms with Gasteiger partial charge in [0.25, 0.3) is 5.91 Å². The van der Waals surface area contributed by atoms with Crippen LogP contribution in [0.4, 0.5) is 5.69 Å². The van der Waals surface area contributed by atoms with Gasteiger partial charge in [0.1, 0.15) is 0 Å². The number of nitrogens with zero attached hydrogens (tertiary/aromatic N) is 2. The van der Waals surface area contributed by atoms with Crippen LogP contribution in [0.5, 0.6) is 0 Å². The number of nitrogens with one attached hydrogen (secondary N) is 1. The van der Waals surface area contributed by atoms with Crippen molar-refractivity contribution in [1.29, 1.82) is 0 Å². The van der Waals surface area contributed by atoms with Crippen molar-refractivity contribution in [2.24, 2.45) is 0 Å². The van der Waals surface area contributed by atoms with Crippen molar-refractivity contribution in [2.45, 2.75) is 45.1 Å². The maximum Gasteiger partial charge on any atom is 0.251 e. The summed E-state index contributed by atoms with van der Waals surface area (Å²) in [5.41, 5.74) is 2.22. The molecule has 1 aromatic carbocycles. The third kappa shape index (κ3) is 4.38. The van der Waals surface area contributed by atoms with Gasteiger partial charge in [-0.05, 0) is 76.0 Å². The van der Waals surface area contributed by atoms with Crippen LogP contribution in [0, 0.1) is 0 Å². The summed E-state index contributed by atoms with van der Waals surface area (Å²) in [6.45, 7) is 5.94. The molecule has 1 atom stereocenters. The average molecular weight is 380 g/mol. The molecular weight excluding hydrogens is 350 g/mol. The number of amides is 1. The van der Waals surface area contributed by atoms with Gasteiger partial charge >= 0.3 is 0 Å². The van der Waals surface area contributed by atoms with Crippen LogP contribution in [0.25, 0.3) is 0 Å². The van der Waals surface area contributed by atoms with Crippen LogP contribution in [0.1, 0.15) is 48.5 Å². The molecule has 3 rings (SSSR count). The van der Waals surface area contributed by atoms with Crippen LogP contribution in [0.2, 0.25) is 0 Å². The third-order valence-electron chi connectivity index (χ3n) is 5.24. The van der Waals surface area contributed by atoms with Gasteiger partial charge in [0, 0.05) is 18.2 Å². The minimum absolute atomic E-state index is 0.0862. The molecule has 1 unspecified atom stereocenters. The second kappa shape index (κ2) is 7.96. The Kier molecular flexibility index (Phi) is 5.87. The van der Waals surface area contributed by atoms with Crippen LogP contribution in [-0.4, -0.2) is 57.7 Å². The number of hydrogen-bond acceptors (Lipinski definition) is 4. The Morgan fingerprint density at radius 3 is 2.65 bits per heavy atom. The first-order valence-corrected chi connectivity index (χ1v) is 11.3. The summed E-state index contributed by atoms with van der Waals surface area (Å²) in [7, 11) is -3.30. The molecule has 1 saturated heterocycles. The van der Waals surface area contributed by atoms with Crippen molar-refractivity contribution in [3.63, 3.8) is 0 Å². The molecule has 2 aliphatic heterocycles. The lowest BCUT2D eigenvalue weighted by Crippen LogP contribution is -2.34. The van der Waals surface area contributed by atoms with Gasteiger partial charge in [0.2, 0.25) is 10.0 Å². The first-order chi connectivity index (χ1) is 12.4. The highest BCUT2D eigenvalue weighted by atomic mass is 32.2. The molecule has 0 spiro atoms. The van der Waals surface area contributed by atoms with Crippen LogP contribution in [0.15, 0.2) is 18.2 Å². The number of piperidine rings is 1. The van der Waals surface area contributed by atoms with Crippen LogP contribution in [-0.2, 0) is 16.4 Å². The first kappa shape index (κ1) is 19.2. The lowest BCUT2D eigenvalue weighted by Gasteiger charge is -2.26. The van der Waals surface area contributed by atoms with Gasteiger partial charge in [0.05, 0.1) is 11.9 Å². The van der Waals surface area contributed by atoms with Crippen molar-refractivity contribution in [3.8, 4) is 0 Å². The lowest BCUT2D eigenvalue weighted by atomic mass is 10.1. The van der Waals surface area contributed by atoms with Crippen LogP contribution < -0.4 is 9.62 Å².